The molecule has 2 heterocycles. The van der Waals surface area contributed by atoms with E-state index in [9.17, 15) is 9.90 Å². The van der Waals surface area contributed by atoms with E-state index in [1.54, 1.807) is 0 Å². The molecule has 1 atom stereocenters. The largest absolute Gasteiger partial charge is 0.390 e. The number of amides is 1. The van der Waals surface area contributed by atoms with Gasteiger partial charge in [-0.3, -0.25) is 9.69 Å². The Hall–Kier alpha value is -2.23. The number of hydrogen-bond acceptors (Lipinski definition) is 4. The number of β-amino-alcohol motifs (C(OH)–C–C–N with tert-alkyl or cyclic N) is 1. The van der Waals surface area contributed by atoms with Crippen LogP contribution in [0.5, 0.6) is 0 Å². The average Bonchev–Trinajstić information content (AvgIpc) is 3.23. The molecule has 1 aromatic heterocycles. The number of aliphatic hydroxyl groups is 1. The van der Waals surface area contributed by atoms with Gasteiger partial charge in [-0.25, -0.2) is 0 Å². The number of benzene rings is 3. The minimum atomic E-state index is -0.436. The summed E-state index contributed by atoms with van der Waals surface area (Å²) in [7, 11) is 0. The molecule has 1 unspecified atom stereocenters. The van der Waals surface area contributed by atoms with Crippen molar-refractivity contribution in [3.05, 3.63) is 81.2 Å². The molecule has 6 nitrogen and oxygen atoms in total. The van der Waals surface area contributed by atoms with E-state index < -0.39 is 6.10 Å². The van der Waals surface area contributed by atoms with Crippen LogP contribution in [0.3, 0.4) is 0 Å². The highest BCUT2D eigenvalue weighted by molar-refractivity contribution is 9.10. The number of hydrogen-bond donors (Lipinski definition) is 2. The first-order valence-corrected chi connectivity index (χ1v) is 15.4. The number of halogens is 2. The van der Waals surface area contributed by atoms with Crippen molar-refractivity contribution in [3.8, 4) is 0 Å². The topological polar surface area (TPSA) is 60.7 Å². The smallest absolute Gasteiger partial charge is 0.251 e. The molecule has 0 radical (unpaired) electrons. The zero-order valence-corrected chi connectivity index (χ0v) is 25.3. The Morgan fingerprint density at radius 2 is 1.41 bits per heavy atom. The van der Waals surface area contributed by atoms with E-state index in [0.717, 1.165) is 84.1 Å². The van der Waals surface area contributed by atoms with Crippen molar-refractivity contribution < 1.29 is 9.90 Å². The Labute approximate surface area is 247 Å². The molecule has 1 aliphatic rings. The van der Waals surface area contributed by atoms with Gasteiger partial charge in [0.2, 0.25) is 0 Å². The standard InChI is InChI=1S/C31H36Br2N4O2/c32-24-9-11-29-27(19-24)28-20-25(33)10-12-30(28)37(29)22-26(38)21-36-17-15-35(16-18-36)14-6-2-5-13-34-31(39)23-7-3-1-4-8-23/h1,3-4,7-12,19-20,26,38H,2,5-6,13-18,21-22H2,(H,34,39). The Morgan fingerprint density at radius 3 is 2.05 bits per heavy atom. The number of rotatable bonds is 11. The summed E-state index contributed by atoms with van der Waals surface area (Å²) < 4.78 is 4.37. The first-order valence-electron chi connectivity index (χ1n) is 13.8. The molecular formula is C31H36Br2N4O2. The van der Waals surface area contributed by atoms with Crippen LogP contribution in [-0.2, 0) is 6.54 Å². The Balaban J connectivity index is 1.04. The predicted molar refractivity (Wildman–Crippen MR) is 166 cm³/mol. The molecule has 8 heteroatoms. The third kappa shape index (κ3) is 7.30. The SMILES string of the molecule is O=C(NCCCCCN1CCN(CC(O)Cn2c3ccc(Br)cc3c3cc(Br)ccc32)CC1)c1ccccc1. The van der Waals surface area contributed by atoms with Gasteiger partial charge in [0.1, 0.15) is 0 Å². The molecule has 5 rings (SSSR count). The second-order valence-electron chi connectivity index (χ2n) is 10.4. The second-order valence-corrected chi connectivity index (χ2v) is 12.2. The number of fused-ring (bicyclic) bond motifs is 3. The highest BCUT2D eigenvalue weighted by Gasteiger charge is 2.21. The van der Waals surface area contributed by atoms with Crippen molar-refractivity contribution in [1.29, 1.82) is 0 Å². The summed E-state index contributed by atoms with van der Waals surface area (Å²) in [6, 6.07) is 22.1. The van der Waals surface area contributed by atoms with Crippen LogP contribution in [0, 0.1) is 0 Å². The molecule has 4 aromatic rings. The van der Waals surface area contributed by atoms with Gasteiger partial charge in [-0.15, -0.1) is 0 Å². The van der Waals surface area contributed by atoms with Crippen molar-refractivity contribution in [2.24, 2.45) is 0 Å². The van der Waals surface area contributed by atoms with Crippen molar-refractivity contribution in [3.63, 3.8) is 0 Å². The minimum absolute atomic E-state index is 0.00760. The first kappa shape index (κ1) is 28.3. The van der Waals surface area contributed by atoms with Crippen LogP contribution in [0.2, 0.25) is 0 Å². The highest BCUT2D eigenvalue weighted by Crippen LogP contribution is 2.33. The molecule has 3 aromatic carbocycles. The van der Waals surface area contributed by atoms with Crippen LogP contribution in [0.1, 0.15) is 29.6 Å². The molecule has 2 N–H and O–H groups in total. The van der Waals surface area contributed by atoms with Gasteiger partial charge in [0.05, 0.1) is 12.6 Å². The highest BCUT2D eigenvalue weighted by atomic mass is 79.9. The number of piperazine rings is 1. The zero-order chi connectivity index (χ0) is 27.2. The van der Waals surface area contributed by atoms with Crippen LogP contribution in [0.25, 0.3) is 21.8 Å². The van der Waals surface area contributed by atoms with Gasteiger partial charge >= 0.3 is 0 Å². The maximum Gasteiger partial charge on any atom is 0.251 e. The predicted octanol–water partition coefficient (Wildman–Crippen LogP) is 5.90. The number of aliphatic hydroxyl groups excluding tert-OH is 1. The van der Waals surface area contributed by atoms with Gasteiger partial charge < -0.3 is 19.9 Å². The normalized spacial score (nSPS) is 15.7. The lowest BCUT2D eigenvalue weighted by atomic mass is 10.2. The van der Waals surface area contributed by atoms with Gasteiger partial charge in [0.25, 0.3) is 5.91 Å². The number of nitrogens with one attached hydrogen (secondary N) is 1. The molecule has 1 saturated heterocycles. The quantitative estimate of drug-likeness (QED) is 0.198. The lowest BCUT2D eigenvalue weighted by Gasteiger charge is -2.35. The molecule has 1 aliphatic heterocycles. The number of carbonyl (C=O) groups excluding carboxylic acids is 1. The zero-order valence-electron chi connectivity index (χ0n) is 22.2. The molecule has 0 saturated carbocycles. The fourth-order valence-electron chi connectivity index (χ4n) is 5.54. The number of aromatic nitrogens is 1. The van der Waals surface area contributed by atoms with E-state index >= 15 is 0 Å². The van der Waals surface area contributed by atoms with Crippen LogP contribution in [0.15, 0.2) is 75.7 Å². The molecule has 0 bridgehead atoms. The third-order valence-corrected chi connectivity index (χ3v) is 8.58. The Morgan fingerprint density at radius 1 is 0.795 bits per heavy atom. The first-order chi connectivity index (χ1) is 19.0. The molecule has 1 fully saturated rings. The van der Waals surface area contributed by atoms with Crippen LogP contribution in [-0.4, -0.2) is 77.3 Å². The summed E-state index contributed by atoms with van der Waals surface area (Å²) in [5.74, 6) is 0.00760. The third-order valence-electron chi connectivity index (χ3n) is 7.59. The maximum atomic E-state index is 12.1. The van der Waals surface area contributed by atoms with E-state index in [4.69, 9.17) is 0 Å². The molecule has 0 spiro atoms. The van der Waals surface area contributed by atoms with E-state index in [1.165, 1.54) is 10.8 Å². The molecule has 1 amide bonds. The Bertz CT molecular complexity index is 1340. The summed E-state index contributed by atoms with van der Waals surface area (Å²) in [6.07, 6.45) is 2.82. The maximum absolute atomic E-state index is 12.1. The lowest BCUT2D eigenvalue weighted by molar-refractivity contribution is 0.0650. The van der Waals surface area contributed by atoms with E-state index in [-0.39, 0.29) is 5.91 Å². The number of unbranched alkanes of at least 4 members (excludes halogenated alkanes) is 2. The monoisotopic (exact) mass is 654 g/mol. The van der Waals surface area contributed by atoms with Gasteiger partial charge in [-0.05, 0) is 67.9 Å². The Kier molecular flexibility index (Phi) is 9.74. The summed E-state index contributed by atoms with van der Waals surface area (Å²) in [4.78, 5) is 17.0. The molecular weight excluding hydrogens is 620 g/mol. The van der Waals surface area contributed by atoms with Crippen molar-refractivity contribution >= 4 is 59.6 Å². The number of carbonyl (C=O) groups is 1. The fraction of sp³-hybridized carbons (Fsp3) is 0.387. The second kappa shape index (κ2) is 13.4. The van der Waals surface area contributed by atoms with E-state index in [2.05, 4.69) is 87.9 Å². The van der Waals surface area contributed by atoms with Gasteiger partial charge in [0.15, 0.2) is 0 Å². The summed E-state index contributed by atoms with van der Waals surface area (Å²) >= 11 is 7.22. The number of nitrogens with zero attached hydrogens (tertiary/aromatic N) is 3. The van der Waals surface area contributed by atoms with Crippen molar-refractivity contribution in [2.45, 2.75) is 31.9 Å². The van der Waals surface area contributed by atoms with Crippen molar-refractivity contribution in [2.75, 3.05) is 45.8 Å². The molecule has 206 valence electrons. The summed E-state index contributed by atoms with van der Waals surface area (Å²) in [5, 5.41) is 16.5. The van der Waals surface area contributed by atoms with E-state index in [1.807, 2.05) is 30.3 Å². The average molecular weight is 656 g/mol. The summed E-state index contributed by atoms with van der Waals surface area (Å²) in [6.45, 7) is 7.11. The minimum Gasteiger partial charge on any atom is -0.390 e. The lowest BCUT2D eigenvalue weighted by Crippen LogP contribution is -2.49. The summed E-state index contributed by atoms with van der Waals surface area (Å²) in [5.41, 5.74) is 3.02. The fourth-order valence-corrected chi connectivity index (χ4v) is 6.26. The van der Waals surface area contributed by atoms with Crippen LogP contribution < -0.4 is 5.32 Å². The van der Waals surface area contributed by atoms with Crippen molar-refractivity contribution in [1.82, 2.24) is 19.7 Å². The van der Waals surface area contributed by atoms with E-state index in [0.29, 0.717) is 13.1 Å². The van der Waals surface area contributed by atoms with Crippen LogP contribution >= 0.6 is 31.9 Å². The molecule has 39 heavy (non-hydrogen) atoms. The van der Waals surface area contributed by atoms with Gasteiger partial charge in [-0.2, -0.15) is 0 Å². The van der Waals surface area contributed by atoms with Gasteiger partial charge in [-0.1, -0.05) is 56.5 Å². The van der Waals surface area contributed by atoms with Crippen LogP contribution in [0.4, 0.5) is 0 Å². The molecule has 0 aliphatic carbocycles. The van der Waals surface area contributed by atoms with Gasteiger partial charge in [0, 0.05) is 75.6 Å².